The van der Waals surface area contributed by atoms with Crippen LogP contribution in [-0.2, 0) is 20.9 Å². The molecule has 8 rings (SSSR count). The van der Waals surface area contributed by atoms with E-state index in [1.165, 1.54) is 55.0 Å². The van der Waals surface area contributed by atoms with Gasteiger partial charge in [0.2, 0.25) is 0 Å². The Hall–Kier alpha value is -4.70. The van der Waals surface area contributed by atoms with E-state index in [0.717, 1.165) is 15.5 Å². The van der Waals surface area contributed by atoms with Crippen molar-refractivity contribution in [2.24, 2.45) is 0 Å². The van der Waals surface area contributed by atoms with E-state index in [2.05, 4.69) is 137 Å². The van der Waals surface area contributed by atoms with Gasteiger partial charge >= 0.3 is 301 Å². The molecule has 8 heteroatoms. The first-order valence-electron chi connectivity index (χ1n) is 16.1. The zero-order valence-corrected chi connectivity index (χ0v) is 30.5. The second-order valence-electron chi connectivity index (χ2n) is 11.7. The molecular formula is C41H31N2O4SeTe+. The van der Waals surface area contributed by atoms with Crippen LogP contribution in [0.15, 0.2) is 125 Å². The monoisotopic (exact) mass is 825 g/mol. The van der Waals surface area contributed by atoms with Crippen LogP contribution in [0, 0.1) is 0 Å². The first-order chi connectivity index (χ1) is 24.1. The van der Waals surface area contributed by atoms with Crippen LogP contribution >= 0.6 is 0 Å². The number of hydrogen-bond acceptors (Lipinski definition) is 4. The van der Waals surface area contributed by atoms with Crippen molar-refractivity contribution in [1.29, 1.82) is 0 Å². The van der Waals surface area contributed by atoms with E-state index < -0.39 is 26.9 Å². The van der Waals surface area contributed by atoms with Gasteiger partial charge in [-0.1, -0.05) is 0 Å². The molecule has 1 N–H and O–H groups in total. The molecule has 6 nitrogen and oxygen atoms in total. The van der Waals surface area contributed by atoms with Crippen LogP contribution < -0.4 is 13.1 Å². The summed E-state index contributed by atoms with van der Waals surface area (Å²) in [6.45, 7) is 1.84. The fraction of sp³-hybridized carbons (Fsp3) is 0.0976. The van der Waals surface area contributed by atoms with Crippen molar-refractivity contribution in [2.45, 2.75) is 13.0 Å². The second kappa shape index (κ2) is 13.7. The zero-order valence-electron chi connectivity index (χ0n) is 26.4. The number of carboxylic acids is 1. The number of fused-ring (bicyclic) bond motifs is 12. The number of hydrogen-bond donors (Lipinski definition) is 1. The molecule has 0 aliphatic carbocycles. The number of carbonyl (C=O) groups excluding carboxylic acids is 1. The third-order valence-corrected chi connectivity index (χ3v) is 14.8. The molecule has 6 aromatic carbocycles. The van der Waals surface area contributed by atoms with Gasteiger partial charge < -0.3 is 0 Å². The van der Waals surface area contributed by atoms with Crippen molar-refractivity contribution in [2.75, 3.05) is 18.1 Å². The number of aliphatic carboxylic acids is 1. The Kier molecular flexibility index (Phi) is 8.80. The van der Waals surface area contributed by atoms with Crippen LogP contribution in [0.3, 0.4) is 0 Å². The number of aryl methyl sites for hydroxylation is 1. The number of aromatic nitrogens is 1. The molecule has 0 radical (unpaired) electrons. The molecule has 0 amide bonds. The van der Waals surface area contributed by atoms with Gasteiger partial charge in [0, 0.05) is 0 Å². The van der Waals surface area contributed by atoms with Gasteiger partial charge in [0.1, 0.15) is 0 Å². The average Bonchev–Trinajstić information content (AvgIpc) is 3.69. The van der Waals surface area contributed by atoms with Crippen LogP contribution in [0.25, 0.3) is 58.9 Å². The number of carboxylic acid groups (broad SMARTS) is 1. The molecule has 49 heavy (non-hydrogen) atoms. The van der Waals surface area contributed by atoms with Gasteiger partial charge in [-0.3, -0.25) is 0 Å². The molecule has 0 spiro atoms. The number of rotatable bonds is 10. The van der Waals surface area contributed by atoms with Crippen LogP contribution in [0.2, 0.25) is 0 Å². The molecule has 0 saturated carbocycles. The predicted molar refractivity (Wildman–Crippen MR) is 201 cm³/mol. The average molecular weight is 822 g/mol. The summed E-state index contributed by atoms with van der Waals surface area (Å²) >= 11 is -0.718. The summed E-state index contributed by atoms with van der Waals surface area (Å²) in [5.41, 5.74) is 2.38. The molecule has 1 aromatic heterocycles. The molecular weight excluding hydrogens is 791 g/mol. The molecule has 240 valence electrons. The third-order valence-electron chi connectivity index (χ3n) is 8.95. The van der Waals surface area contributed by atoms with Gasteiger partial charge in [-0.2, -0.15) is 0 Å². The maximum atomic E-state index is 11.7. The predicted octanol–water partition coefficient (Wildman–Crippen LogP) is 6.71. The van der Waals surface area contributed by atoms with E-state index in [0.29, 0.717) is 26.2 Å². The molecule has 1 aliphatic rings. The molecule has 2 heterocycles. The Morgan fingerprint density at radius 2 is 1.37 bits per heavy atom. The number of anilines is 1. The van der Waals surface area contributed by atoms with Gasteiger partial charge in [0.15, 0.2) is 0 Å². The van der Waals surface area contributed by atoms with Gasteiger partial charge in [-0.15, -0.1) is 0 Å². The van der Waals surface area contributed by atoms with Gasteiger partial charge in [0.05, 0.1) is 0 Å². The van der Waals surface area contributed by atoms with Crippen molar-refractivity contribution in [1.82, 2.24) is 0 Å². The fourth-order valence-electron chi connectivity index (χ4n) is 6.89. The van der Waals surface area contributed by atoms with Crippen LogP contribution in [0.1, 0.15) is 11.0 Å². The summed E-state index contributed by atoms with van der Waals surface area (Å²) in [6.07, 6.45) is 10.7. The van der Waals surface area contributed by atoms with Crippen LogP contribution in [0.5, 0.6) is 0 Å². The summed E-state index contributed by atoms with van der Waals surface area (Å²) in [7, 11) is 0. The van der Waals surface area contributed by atoms with E-state index in [4.69, 9.17) is 4.74 Å². The topological polar surface area (TPSA) is 70.7 Å². The Morgan fingerprint density at radius 1 is 0.776 bits per heavy atom. The zero-order chi connectivity index (χ0) is 33.3. The third kappa shape index (κ3) is 5.75. The van der Waals surface area contributed by atoms with E-state index in [1.54, 1.807) is 0 Å². The Labute approximate surface area is 299 Å². The number of nitrogens with zero attached hydrogens (tertiary/aromatic N) is 2. The van der Waals surface area contributed by atoms with Crippen LogP contribution in [-0.4, -0.2) is 66.1 Å². The van der Waals surface area contributed by atoms with Gasteiger partial charge in [-0.05, 0) is 0 Å². The number of allylic oxidation sites excluding steroid dienone is 4. The first-order valence-corrected chi connectivity index (χ1v) is 20.1. The Morgan fingerprint density at radius 3 is 2.06 bits per heavy atom. The summed E-state index contributed by atoms with van der Waals surface area (Å²) in [4.78, 5) is 25.1. The first kappa shape index (κ1) is 31.6. The normalized spacial score (nSPS) is 14.0. The Balaban J connectivity index is 1.18. The van der Waals surface area contributed by atoms with E-state index in [1.807, 2.05) is 0 Å². The second-order valence-corrected chi connectivity index (χ2v) is 16.8. The fourth-order valence-corrected chi connectivity index (χ4v) is 13.1. The maximum absolute atomic E-state index is 11.7. The van der Waals surface area contributed by atoms with Crippen molar-refractivity contribution < 1.29 is 24.0 Å². The van der Waals surface area contributed by atoms with E-state index in [9.17, 15) is 14.7 Å². The SMILES string of the molecule is O=COCCN1\C(=C/C=C/C=C/c2[se]c3c4ccccc4c4ccccc4c3[n+]2CCC(=O)O)[Te]c2c1c1ccccc1c1ccccc21. The summed E-state index contributed by atoms with van der Waals surface area (Å²) in [5, 5.41) is 19.5. The quantitative estimate of drug-likeness (QED) is 0.0416. The number of carbonyl (C=O) groups is 2. The van der Waals surface area contributed by atoms with Gasteiger partial charge in [0.25, 0.3) is 0 Å². The molecule has 7 aromatic rings. The molecule has 0 unspecified atom stereocenters. The summed E-state index contributed by atoms with van der Waals surface area (Å²) in [6, 6.07) is 34.2. The van der Waals surface area contributed by atoms with E-state index >= 15 is 0 Å². The number of ether oxygens (including phenoxy) is 1. The molecule has 0 bridgehead atoms. The van der Waals surface area contributed by atoms with Crippen molar-refractivity contribution in [3.63, 3.8) is 0 Å². The number of benzene rings is 6. The van der Waals surface area contributed by atoms with Crippen molar-refractivity contribution in [3.05, 3.63) is 130 Å². The summed E-state index contributed by atoms with van der Waals surface area (Å²) < 4.78 is 12.5. The van der Waals surface area contributed by atoms with Crippen molar-refractivity contribution >= 4 is 116 Å². The standard InChI is InChI=1S/C41H30N2O4SeTe/c44-26-47-25-24-43-36(49-41-34-19-11-7-15-30(34)28-13-5-9-17-32(28)39(41)43)21-3-1-2-20-35-42(23-22-37(45)46)38-31-16-8-4-12-27(31)29-14-6-10-18-33(29)40(38)48-35/h1-21,26H,22-25H2/p+1. The molecule has 1 aliphatic heterocycles. The van der Waals surface area contributed by atoms with E-state index in [-0.39, 0.29) is 20.9 Å². The molecule has 0 saturated heterocycles. The van der Waals surface area contributed by atoms with Crippen molar-refractivity contribution in [3.8, 4) is 0 Å². The minimum absolute atomic E-state index is 0.0112. The minimum atomic E-state index is -0.800. The molecule has 0 atom stereocenters. The van der Waals surface area contributed by atoms with Gasteiger partial charge in [-0.25, -0.2) is 0 Å². The Bertz CT molecular complexity index is 2530. The molecule has 0 fully saturated rings. The summed E-state index contributed by atoms with van der Waals surface area (Å²) in [5.74, 6) is -0.800. The van der Waals surface area contributed by atoms with Crippen LogP contribution in [0.4, 0.5) is 5.69 Å².